The second-order valence-corrected chi connectivity index (χ2v) is 3.96. The van der Waals surface area contributed by atoms with Crippen LogP contribution in [0.15, 0.2) is 30.5 Å². The summed E-state index contributed by atoms with van der Waals surface area (Å²) in [6.07, 6.45) is 1.96. The molecule has 0 saturated heterocycles. The zero-order valence-corrected chi connectivity index (χ0v) is 10.2. The summed E-state index contributed by atoms with van der Waals surface area (Å²) in [6, 6.07) is 7.57. The highest BCUT2D eigenvalue weighted by Crippen LogP contribution is 2.26. The number of methoxy groups -OCH3 is 1. The molecule has 1 aromatic heterocycles. The van der Waals surface area contributed by atoms with Gasteiger partial charge in [-0.1, -0.05) is 18.2 Å². The Hall–Kier alpha value is -1.81. The minimum absolute atomic E-state index is 0.274. The van der Waals surface area contributed by atoms with Crippen LogP contribution in [0.25, 0.3) is 10.9 Å². The van der Waals surface area contributed by atoms with Crippen molar-refractivity contribution in [2.75, 3.05) is 14.2 Å². The predicted octanol–water partition coefficient (Wildman–Crippen LogP) is 1.61. The molecule has 0 bridgehead atoms. The van der Waals surface area contributed by atoms with Gasteiger partial charge >= 0.3 is 5.97 Å². The van der Waals surface area contributed by atoms with Gasteiger partial charge < -0.3 is 14.6 Å². The van der Waals surface area contributed by atoms with Crippen molar-refractivity contribution in [2.24, 2.45) is 7.05 Å². The van der Waals surface area contributed by atoms with E-state index in [0.717, 1.165) is 16.5 Å². The number of nitrogens with zero attached hydrogens (tertiary/aromatic N) is 1. The van der Waals surface area contributed by atoms with Gasteiger partial charge in [0.15, 0.2) is 0 Å². The topological polar surface area (TPSA) is 43.3 Å². The van der Waals surface area contributed by atoms with Crippen LogP contribution >= 0.6 is 0 Å². The zero-order valence-electron chi connectivity index (χ0n) is 10.2. The van der Waals surface area contributed by atoms with Crippen LogP contribution in [-0.2, 0) is 16.6 Å². The third-order valence-corrected chi connectivity index (χ3v) is 2.96. The molecule has 0 fully saturated rings. The van der Waals surface area contributed by atoms with Gasteiger partial charge in [0.25, 0.3) is 0 Å². The number of rotatable bonds is 3. The van der Waals surface area contributed by atoms with Gasteiger partial charge in [-0.3, -0.25) is 0 Å². The molecule has 0 radical (unpaired) electrons. The Balaban J connectivity index is 2.58. The fourth-order valence-corrected chi connectivity index (χ4v) is 2.12. The lowest BCUT2D eigenvalue weighted by Gasteiger charge is -2.12. The predicted molar refractivity (Wildman–Crippen MR) is 66.7 cm³/mol. The van der Waals surface area contributed by atoms with Crippen LogP contribution < -0.4 is 5.32 Å². The Morgan fingerprint density at radius 2 is 2.12 bits per heavy atom. The average molecular weight is 232 g/mol. The Morgan fingerprint density at radius 1 is 1.41 bits per heavy atom. The van der Waals surface area contributed by atoms with Crippen molar-refractivity contribution < 1.29 is 9.53 Å². The molecule has 1 aromatic carbocycles. The first-order chi connectivity index (χ1) is 8.19. The highest BCUT2D eigenvalue weighted by Gasteiger charge is 2.22. The standard InChI is InChI=1S/C13H16N2O2/c1-14-12(13(16)17-3)10-8-15(2)11-7-5-4-6-9(10)11/h4-8,12,14H,1-3H3. The van der Waals surface area contributed by atoms with Crippen molar-refractivity contribution in [1.29, 1.82) is 0 Å². The number of ether oxygens (including phenoxy) is 1. The summed E-state index contributed by atoms with van der Waals surface area (Å²) in [4.78, 5) is 11.7. The van der Waals surface area contributed by atoms with Gasteiger partial charge in [-0.25, -0.2) is 4.79 Å². The first kappa shape index (κ1) is 11.7. The van der Waals surface area contributed by atoms with Gasteiger partial charge in [0.1, 0.15) is 6.04 Å². The van der Waals surface area contributed by atoms with Crippen molar-refractivity contribution in [3.63, 3.8) is 0 Å². The monoisotopic (exact) mass is 232 g/mol. The number of benzene rings is 1. The molecule has 0 saturated carbocycles. The quantitative estimate of drug-likeness (QED) is 0.818. The third kappa shape index (κ3) is 1.91. The van der Waals surface area contributed by atoms with Crippen LogP contribution in [0.5, 0.6) is 0 Å². The molecule has 1 atom stereocenters. The maximum atomic E-state index is 11.7. The molecular weight excluding hydrogens is 216 g/mol. The normalized spacial score (nSPS) is 12.6. The molecule has 0 spiro atoms. The summed E-state index contributed by atoms with van der Waals surface area (Å²) in [5.74, 6) is -0.274. The van der Waals surface area contributed by atoms with E-state index in [1.54, 1.807) is 7.05 Å². The van der Waals surface area contributed by atoms with E-state index < -0.39 is 6.04 Å². The minimum Gasteiger partial charge on any atom is -0.468 e. The molecule has 4 heteroatoms. The molecular formula is C13H16N2O2. The summed E-state index contributed by atoms with van der Waals surface area (Å²) >= 11 is 0. The number of nitrogens with one attached hydrogen (secondary N) is 1. The number of aryl methyl sites for hydroxylation is 1. The summed E-state index contributed by atoms with van der Waals surface area (Å²) in [6.45, 7) is 0. The Morgan fingerprint density at radius 3 is 2.76 bits per heavy atom. The molecule has 4 nitrogen and oxygen atoms in total. The molecule has 0 aliphatic carbocycles. The van der Waals surface area contributed by atoms with Crippen LogP contribution in [0.1, 0.15) is 11.6 Å². The lowest BCUT2D eigenvalue weighted by atomic mass is 10.1. The maximum Gasteiger partial charge on any atom is 0.327 e. The number of carbonyl (C=O) groups is 1. The molecule has 1 heterocycles. The van der Waals surface area contributed by atoms with E-state index in [-0.39, 0.29) is 5.97 Å². The van der Waals surface area contributed by atoms with Crippen LogP contribution in [0.4, 0.5) is 0 Å². The molecule has 1 N–H and O–H groups in total. The number of para-hydroxylation sites is 1. The highest BCUT2D eigenvalue weighted by atomic mass is 16.5. The van der Waals surface area contributed by atoms with Crippen molar-refractivity contribution in [3.05, 3.63) is 36.0 Å². The smallest absolute Gasteiger partial charge is 0.327 e. The van der Waals surface area contributed by atoms with E-state index in [1.807, 2.05) is 42.1 Å². The SMILES string of the molecule is CNC(C(=O)OC)c1cn(C)c2ccccc12. The first-order valence-electron chi connectivity index (χ1n) is 5.48. The number of carbonyl (C=O) groups excluding carboxylic acids is 1. The van der Waals surface area contributed by atoms with Gasteiger partial charge in [0, 0.05) is 29.7 Å². The molecule has 0 aliphatic heterocycles. The van der Waals surface area contributed by atoms with Gasteiger partial charge in [-0.2, -0.15) is 0 Å². The van der Waals surface area contributed by atoms with E-state index in [4.69, 9.17) is 4.74 Å². The molecule has 2 rings (SSSR count). The maximum absolute atomic E-state index is 11.7. The van der Waals surface area contributed by atoms with E-state index in [2.05, 4.69) is 5.32 Å². The highest BCUT2D eigenvalue weighted by molar-refractivity contribution is 5.90. The molecule has 0 aliphatic rings. The number of hydrogen-bond donors (Lipinski definition) is 1. The number of aromatic nitrogens is 1. The number of hydrogen-bond acceptors (Lipinski definition) is 3. The average Bonchev–Trinajstić information content (AvgIpc) is 2.68. The second-order valence-electron chi connectivity index (χ2n) is 3.96. The van der Waals surface area contributed by atoms with E-state index in [0.29, 0.717) is 0 Å². The number of esters is 1. The molecule has 0 amide bonds. The lowest BCUT2D eigenvalue weighted by Crippen LogP contribution is -2.26. The van der Waals surface area contributed by atoms with Crippen LogP contribution in [-0.4, -0.2) is 24.7 Å². The van der Waals surface area contributed by atoms with Crippen molar-refractivity contribution in [3.8, 4) is 0 Å². The van der Waals surface area contributed by atoms with Gasteiger partial charge in [0.2, 0.25) is 0 Å². The Kier molecular flexibility index (Phi) is 3.15. The summed E-state index contributed by atoms with van der Waals surface area (Å²) in [5, 5.41) is 4.06. The minimum atomic E-state index is -0.425. The van der Waals surface area contributed by atoms with Crippen LogP contribution in [0, 0.1) is 0 Å². The summed E-state index contributed by atoms with van der Waals surface area (Å²) < 4.78 is 6.82. The van der Waals surface area contributed by atoms with Crippen molar-refractivity contribution in [1.82, 2.24) is 9.88 Å². The number of likely N-dealkylation sites (N-methyl/N-ethyl adjacent to an activating group) is 1. The van der Waals surface area contributed by atoms with E-state index >= 15 is 0 Å². The van der Waals surface area contributed by atoms with Crippen molar-refractivity contribution >= 4 is 16.9 Å². The Bertz CT molecular complexity index is 545. The van der Waals surface area contributed by atoms with Crippen LogP contribution in [0.3, 0.4) is 0 Å². The largest absolute Gasteiger partial charge is 0.468 e. The summed E-state index contributed by atoms with van der Waals surface area (Å²) in [5.41, 5.74) is 2.05. The van der Waals surface area contributed by atoms with Crippen LogP contribution in [0.2, 0.25) is 0 Å². The number of fused-ring (bicyclic) bond motifs is 1. The summed E-state index contributed by atoms with van der Waals surface area (Å²) in [7, 11) is 5.12. The Labute approximate surface area is 100 Å². The fraction of sp³-hybridized carbons (Fsp3) is 0.308. The molecule has 1 unspecified atom stereocenters. The third-order valence-electron chi connectivity index (χ3n) is 2.96. The van der Waals surface area contributed by atoms with Gasteiger partial charge in [-0.15, -0.1) is 0 Å². The molecule has 17 heavy (non-hydrogen) atoms. The molecule has 90 valence electrons. The zero-order chi connectivity index (χ0) is 12.4. The molecule has 2 aromatic rings. The van der Waals surface area contributed by atoms with Crippen molar-refractivity contribution in [2.45, 2.75) is 6.04 Å². The van der Waals surface area contributed by atoms with E-state index in [1.165, 1.54) is 7.11 Å². The lowest BCUT2D eigenvalue weighted by molar-refractivity contribution is -0.143. The fourth-order valence-electron chi connectivity index (χ4n) is 2.12. The first-order valence-corrected chi connectivity index (χ1v) is 5.48. The van der Waals surface area contributed by atoms with Gasteiger partial charge in [0.05, 0.1) is 7.11 Å². The van der Waals surface area contributed by atoms with E-state index in [9.17, 15) is 4.79 Å². The second kappa shape index (κ2) is 4.59. The van der Waals surface area contributed by atoms with Gasteiger partial charge in [-0.05, 0) is 13.1 Å².